The number of benzene rings is 3. The van der Waals surface area contributed by atoms with Crippen LogP contribution in [0, 0.1) is 17.0 Å². The van der Waals surface area contributed by atoms with E-state index in [2.05, 4.69) is 5.32 Å². The van der Waals surface area contributed by atoms with Gasteiger partial charge in [0.05, 0.1) is 15.1 Å². The van der Waals surface area contributed by atoms with E-state index in [1.807, 2.05) is 49.4 Å². The van der Waals surface area contributed by atoms with E-state index in [1.165, 1.54) is 24.3 Å². The molecule has 0 saturated carbocycles. The van der Waals surface area contributed by atoms with Gasteiger partial charge in [0.2, 0.25) is 5.91 Å². The molecule has 0 aliphatic carbocycles. The summed E-state index contributed by atoms with van der Waals surface area (Å²) in [6, 6.07) is 18.0. The van der Waals surface area contributed by atoms with Crippen LogP contribution < -0.4 is 5.32 Å². The molecule has 1 amide bonds. The number of hydrogen-bond acceptors (Lipinski definition) is 5. The van der Waals surface area contributed by atoms with E-state index in [1.54, 1.807) is 17.4 Å². The Morgan fingerprint density at radius 1 is 1.16 bits per heavy atom. The van der Waals surface area contributed by atoms with Gasteiger partial charge >= 0.3 is 0 Å². The van der Waals surface area contributed by atoms with Gasteiger partial charge in [0, 0.05) is 23.4 Å². The van der Waals surface area contributed by atoms with Crippen molar-refractivity contribution in [2.24, 2.45) is 0 Å². The van der Waals surface area contributed by atoms with Crippen LogP contribution in [0.2, 0.25) is 5.02 Å². The quantitative estimate of drug-likeness (QED) is 0.214. The first-order valence-corrected chi connectivity index (χ1v) is 10.5. The third kappa shape index (κ3) is 4.47. The highest BCUT2D eigenvalue weighted by molar-refractivity contribution is 7.21. The number of amides is 1. The van der Waals surface area contributed by atoms with E-state index < -0.39 is 4.92 Å². The molecule has 4 aromatic rings. The Hall–Kier alpha value is -3.55. The number of nitrogens with one attached hydrogen (secondary N) is 1. The Morgan fingerprint density at radius 2 is 1.97 bits per heavy atom. The lowest BCUT2D eigenvalue weighted by Crippen LogP contribution is -2.09. The van der Waals surface area contributed by atoms with Gasteiger partial charge in [0.25, 0.3) is 5.69 Å². The highest BCUT2D eigenvalue weighted by Gasteiger charge is 2.13. The topological polar surface area (TPSA) is 85.1 Å². The zero-order chi connectivity index (χ0) is 22.0. The molecular weight excluding hydrogens is 434 g/mol. The number of rotatable bonds is 5. The van der Waals surface area contributed by atoms with Crippen molar-refractivity contribution < 1.29 is 9.72 Å². The van der Waals surface area contributed by atoms with Crippen molar-refractivity contribution in [2.45, 2.75) is 6.92 Å². The number of hydrogen-bond donors (Lipinski definition) is 1. The smallest absolute Gasteiger partial charge is 0.288 e. The van der Waals surface area contributed by atoms with Crippen molar-refractivity contribution >= 4 is 56.5 Å². The van der Waals surface area contributed by atoms with Crippen LogP contribution in [0.15, 0.2) is 66.7 Å². The lowest BCUT2D eigenvalue weighted by Gasteiger charge is -2.10. The third-order valence-corrected chi connectivity index (χ3v) is 6.10. The fraction of sp³-hybridized carbons (Fsp3) is 0.0435. The number of aromatic nitrogens is 1. The van der Waals surface area contributed by atoms with Crippen LogP contribution in [0.25, 0.3) is 26.9 Å². The maximum Gasteiger partial charge on any atom is 0.288 e. The van der Waals surface area contributed by atoms with E-state index in [9.17, 15) is 14.9 Å². The van der Waals surface area contributed by atoms with Crippen molar-refractivity contribution in [2.75, 3.05) is 5.32 Å². The summed E-state index contributed by atoms with van der Waals surface area (Å²) >= 11 is 7.42. The SMILES string of the molecule is Cc1c(NC(=O)/C=C/c2ccc(Cl)c([N+](=O)[O-])c2)cccc1-c1nc2ccccc2s1. The normalized spacial score (nSPS) is 11.2. The Morgan fingerprint density at radius 3 is 2.74 bits per heavy atom. The van der Waals surface area contributed by atoms with Crippen LogP contribution in [0.1, 0.15) is 11.1 Å². The molecule has 0 aliphatic heterocycles. The van der Waals surface area contributed by atoms with Gasteiger partial charge in [0.1, 0.15) is 10.0 Å². The summed E-state index contributed by atoms with van der Waals surface area (Å²) in [7, 11) is 0. The minimum absolute atomic E-state index is 0.0499. The van der Waals surface area contributed by atoms with Crippen LogP contribution in [0.4, 0.5) is 11.4 Å². The second-order valence-corrected chi connectivity index (χ2v) is 8.19. The van der Waals surface area contributed by atoms with E-state index in [-0.39, 0.29) is 16.6 Å². The molecule has 1 heterocycles. The maximum atomic E-state index is 12.4. The summed E-state index contributed by atoms with van der Waals surface area (Å²) in [4.78, 5) is 27.6. The summed E-state index contributed by atoms with van der Waals surface area (Å²) in [5, 5.41) is 14.8. The molecule has 0 unspecified atom stereocenters. The van der Waals surface area contributed by atoms with Gasteiger partial charge in [-0.2, -0.15) is 0 Å². The molecule has 0 fully saturated rings. The predicted octanol–water partition coefficient (Wildman–Crippen LogP) is 6.49. The molecule has 1 aromatic heterocycles. The number of nitro groups is 1. The number of carbonyl (C=O) groups is 1. The van der Waals surface area contributed by atoms with Gasteiger partial charge in [-0.3, -0.25) is 14.9 Å². The number of carbonyl (C=O) groups excluding carboxylic acids is 1. The van der Waals surface area contributed by atoms with Gasteiger partial charge in [0.15, 0.2) is 0 Å². The Kier molecular flexibility index (Phi) is 5.79. The summed E-state index contributed by atoms with van der Waals surface area (Å²) in [5.41, 5.74) is 3.78. The zero-order valence-corrected chi connectivity index (χ0v) is 17.9. The Labute approximate surface area is 187 Å². The largest absolute Gasteiger partial charge is 0.322 e. The zero-order valence-electron chi connectivity index (χ0n) is 16.3. The van der Waals surface area contributed by atoms with E-state index >= 15 is 0 Å². The van der Waals surface area contributed by atoms with Crippen molar-refractivity contribution in [3.8, 4) is 10.6 Å². The number of thiazole rings is 1. The van der Waals surface area contributed by atoms with Crippen molar-refractivity contribution in [1.29, 1.82) is 0 Å². The van der Waals surface area contributed by atoms with E-state index in [4.69, 9.17) is 16.6 Å². The fourth-order valence-corrected chi connectivity index (χ4v) is 4.34. The molecule has 0 atom stereocenters. The highest BCUT2D eigenvalue weighted by Crippen LogP contribution is 2.34. The second kappa shape index (κ2) is 8.67. The molecule has 154 valence electrons. The molecular formula is C23H16ClN3O3S. The third-order valence-electron chi connectivity index (χ3n) is 4.71. The van der Waals surface area contributed by atoms with Crippen LogP contribution >= 0.6 is 22.9 Å². The van der Waals surface area contributed by atoms with Crippen molar-refractivity contribution in [1.82, 2.24) is 4.98 Å². The molecule has 0 saturated heterocycles. The van der Waals surface area contributed by atoms with Gasteiger partial charge in [-0.1, -0.05) is 41.9 Å². The number of para-hydroxylation sites is 1. The van der Waals surface area contributed by atoms with E-state index in [0.717, 1.165) is 26.4 Å². The molecule has 6 nitrogen and oxygen atoms in total. The monoisotopic (exact) mass is 449 g/mol. The number of halogens is 1. The first-order chi connectivity index (χ1) is 14.9. The van der Waals surface area contributed by atoms with Crippen LogP contribution in [-0.2, 0) is 4.79 Å². The Balaban J connectivity index is 1.55. The molecule has 0 spiro atoms. The number of anilines is 1. The van der Waals surface area contributed by atoms with Crippen LogP contribution in [0.5, 0.6) is 0 Å². The lowest BCUT2D eigenvalue weighted by atomic mass is 10.1. The van der Waals surface area contributed by atoms with Gasteiger partial charge in [-0.05, 0) is 48.4 Å². The summed E-state index contributed by atoms with van der Waals surface area (Å²) < 4.78 is 1.10. The van der Waals surface area contributed by atoms with Crippen LogP contribution in [0.3, 0.4) is 0 Å². The Bertz CT molecular complexity index is 1310. The number of nitrogens with zero attached hydrogens (tertiary/aromatic N) is 2. The van der Waals surface area contributed by atoms with Crippen molar-refractivity contribution in [3.05, 3.63) is 93.0 Å². The van der Waals surface area contributed by atoms with Gasteiger partial charge in [-0.15, -0.1) is 11.3 Å². The molecule has 0 aliphatic rings. The minimum Gasteiger partial charge on any atom is -0.322 e. The summed E-state index contributed by atoms with van der Waals surface area (Å²) in [6.07, 6.45) is 2.84. The van der Waals surface area contributed by atoms with E-state index in [0.29, 0.717) is 11.3 Å². The molecule has 8 heteroatoms. The fourth-order valence-electron chi connectivity index (χ4n) is 3.11. The molecule has 4 rings (SSSR count). The maximum absolute atomic E-state index is 12.4. The molecule has 1 N–H and O–H groups in total. The minimum atomic E-state index is -0.559. The molecule has 0 radical (unpaired) electrons. The average Bonchev–Trinajstić information content (AvgIpc) is 3.18. The van der Waals surface area contributed by atoms with Gasteiger partial charge in [-0.25, -0.2) is 4.98 Å². The van der Waals surface area contributed by atoms with Gasteiger partial charge < -0.3 is 5.32 Å². The number of fused-ring (bicyclic) bond motifs is 1. The standard InChI is InChI=1S/C23H16ClN3O3S/c1-14-16(23-26-19-6-2-3-8-21(19)31-23)5-4-7-18(14)25-22(28)12-10-15-9-11-17(24)20(13-15)27(29)30/h2-13H,1H3,(H,25,28)/b12-10+. The average molecular weight is 450 g/mol. The van der Waals surface area contributed by atoms with Crippen LogP contribution in [-0.4, -0.2) is 15.8 Å². The first-order valence-electron chi connectivity index (χ1n) is 9.31. The summed E-state index contributed by atoms with van der Waals surface area (Å²) in [5.74, 6) is -0.345. The second-order valence-electron chi connectivity index (χ2n) is 6.76. The molecule has 3 aromatic carbocycles. The molecule has 0 bridgehead atoms. The molecule has 31 heavy (non-hydrogen) atoms. The summed E-state index contributed by atoms with van der Waals surface area (Å²) in [6.45, 7) is 1.93. The predicted molar refractivity (Wildman–Crippen MR) is 126 cm³/mol. The first kappa shape index (κ1) is 20.7. The lowest BCUT2D eigenvalue weighted by molar-refractivity contribution is -0.384. The number of nitro benzene ring substituents is 1. The van der Waals surface area contributed by atoms with Crippen molar-refractivity contribution in [3.63, 3.8) is 0 Å². The highest BCUT2D eigenvalue weighted by atomic mass is 35.5.